The van der Waals surface area contributed by atoms with E-state index < -0.39 is 0 Å². The summed E-state index contributed by atoms with van der Waals surface area (Å²) in [6.45, 7) is 8.37. The van der Waals surface area contributed by atoms with Crippen LogP contribution in [-0.4, -0.2) is 12.5 Å². The second-order valence-corrected chi connectivity index (χ2v) is 7.66. The first-order chi connectivity index (χ1) is 12.4. The van der Waals surface area contributed by atoms with Gasteiger partial charge in [-0.1, -0.05) is 44.2 Å². The molecule has 1 unspecified atom stereocenters. The van der Waals surface area contributed by atoms with Gasteiger partial charge in [0.15, 0.2) is 6.61 Å². The fraction of sp³-hybridized carbons (Fsp3) is 0.435. The number of rotatable bonds is 6. The number of ether oxygens (including phenoxy) is 1. The molecule has 3 heteroatoms. The van der Waals surface area contributed by atoms with Crippen LogP contribution in [0.2, 0.25) is 0 Å². The Kier molecular flexibility index (Phi) is 5.65. The van der Waals surface area contributed by atoms with Gasteiger partial charge in [-0.15, -0.1) is 0 Å². The first kappa shape index (κ1) is 18.5. The SMILES string of the molecule is Cc1ccc(C(C)C)c(OCC(=O)NC(C)c2ccc3c(c2)CCC3)c1. The van der Waals surface area contributed by atoms with Gasteiger partial charge < -0.3 is 10.1 Å². The summed E-state index contributed by atoms with van der Waals surface area (Å²) in [6.07, 6.45) is 3.57. The molecule has 26 heavy (non-hydrogen) atoms. The molecule has 2 aromatic carbocycles. The van der Waals surface area contributed by atoms with E-state index in [-0.39, 0.29) is 18.6 Å². The van der Waals surface area contributed by atoms with E-state index in [9.17, 15) is 4.79 Å². The largest absolute Gasteiger partial charge is 0.483 e. The average molecular weight is 351 g/mol. The second-order valence-electron chi connectivity index (χ2n) is 7.66. The lowest BCUT2D eigenvalue weighted by Gasteiger charge is -2.18. The van der Waals surface area contributed by atoms with Crippen molar-refractivity contribution >= 4 is 5.91 Å². The van der Waals surface area contributed by atoms with E-state index in [4.69, 9.17) is 4.74 Å². The molecular formula is C23H29NO2. The van der Waals surface area contributed by atoms with Crippen LogP contribution >= 0.6 is 0 Å². The van der Waals surface area contributed by atoms with Gasteiger partial charge in [0.1, 0.15) is 5.75 Å². The standard InChI is InChI=1S/C23H29NO2/c1-15(2)21-11-8-16(3)12-22(21)26-14-23(25)24-17(4)19-10-9-18-6-5-7-20(18)13-19/h8-13,15,17H,5-7,14H2,1-4H3,(H,24,25). The van der Waals surface area contributed by atoms with Crippen molar-refractivity contribution in [3.63, 3.8) is 0 Å². The van der Waals surface area contributed by atoms with Crippen LogP contribution in [0.25, 0.3) is 0 Å². The predicted molar refractivity (Wildman–Crippen MR) is 106 cm³/mol. The Labute approximate surface area is 156 Å². The van der Waals surface area contributed by atoms with Gasteiger partial charge in [0, 0.05) is 0 Å². The van der Waals surface area contributed by atoms with Crippen molar-refractivity contribution < 1.29 is 9.53 Å². The molecule has 1 aliphatic carbocycles. The number of hydrogen-bond donors (Lipinski definition) is 1. The molecule has 0 aromatic heterocycles. The molecule has 0 bridgehead atoms. The van der Waals surface area contributed by atoms with Crippen molar-refractivity contribution in [1.29, 1.82) is 0 Å². The van der Waals surface area contributed by atoms with E-state index in [2.05, 4.69) is 49.5 Å². The molecule has 0 spiro atoms. The van der Waals surface area contributed by atoms with Crippen molar-refractivity contribution in [3.05, 3.63) is 64.2 Å². The molecule has 1 N–H and O–H groups in total. The predicted octanol–water partition coefficient (Wildman–Crippen LogP) is 4.86. The Balaban J connectivity index is 1.60. The van der Waals surface area contributed by atoms with E-state index in [1.165, 1.54) is 24.0 Å². The lowest BCUT2D eigenvalue weighted by atomic mass is 10.0. The minimum Gasteiger partial charge on any atom is -0.483 e. The lowest BCUT2D eigenvalue weighted by Crippen LogP contribution is -2.31. The first-order valence-electron chi connectivity index (χ1n) is 9.58. The summed E-state index contributed by atoms with van der Waals surface area (Å²) in [5.74, 6) is 1.08. The van der Waals surface area contributed by atoms with Gasteiger partial charge in [-0.3, -0.25) is 4.79 Å². The average Bonchev–Trinajstić information content (AvgIpc) is 3.07. The second kappa shape index (κ2) is 7.94. The van der Waals surface area contributed by atoms with Crippen LogP contribution in [0.5, 0.6) is 5.75 Å². The van der Waals surface area contributed by atoms with Gasteiger partial charge in [-0.2, -0.15) is 0 Å². The van der Waals surface area contributed by atoms with Crippen LogP contribution in [-0.2, 0) is 17.6 Å². The summed E-state index contributed by atoms with van der Waals surface area (Å²) in [5, 5.41) is 3.06. The van der Waals surface area contributed by atoms with Crippen molar-refractivity contribution in [1.82, 2.24) is 5.32 Å². The van der Waals surface area contributed by atoms with Gasteiger partial charge in [-0.05, 0) is 72.9 Å². The Morgan fingerprint density at radius 2 is 1.85 bits per heavy atom. The van der Waals surface area contributed by atoms with Crippen molar-refractivity contribution in [2.45, 2.75) is 58.9 Å². The third-order valence-electron chi connectivity index (χ3n) is 5.15. The molecule has 0 fully saturated rings. The molecular weight excluding hydrogens is 322 g/mol. The molecule has 3 nitrogen and oxygen atoms in total. The van der Waals surface area contributed by atoms with Crippen molar-refractivity contribution in [2.75, 3.05) is 6.61 Å². The van der Waals surface area contributed by atoms with E-state index in [1.807, 2.05) is 19.9 Å². The van der Waals surface area contributed by atoms with E-state index >= 15 is 0 Å². The summed E-state index contributed by atoms with van der Waals surface area (Å²) in [6, 6.07) is 12.7. The highest BCUT2D eigenvalue weighted by Gasteiger charge is 2.16. The minimum absolute atomic E-state index is 0.0147. The Morgan fingerprint density at radius 1 is 1.08 bits per heavy atom. The smallest absolute Gasteiger partial charge is 0.258 e. The molecule has 138 valence electrons. The maximum atomic E-state index is 12.4. The van der Waals surface area contributed by atoms with E-state index in [0.29, 0.717) is 5.92 Å². The molecule has 1 atom stereocenters. The number of hydrogen-bond acceptors (Lipinski definition) is 2. The maximum absolute atomic E-state index is 12.4. The van der Waals surface area contributed by atoms with Crippen LogP contribution in [0.1, 0.15) is 67.0 Å². The molecule has 0 radical (unpaired) electrons. The zero-order valence-electron chi connectivity index (χ0n) is 16.3. The van der Waals surface area contributed by atoms with Gasteiger partial charge in [-0.25, -0.2) is 0 Å². The minimum atomic E-state index is -0.0887. The van der Waals surface area contributed by atoms with Crippen LogP contribution in [0.15, 0.2) is 36.4 Å². The molecule has 2 aromatic rings. The van der Waals surface area contributed by atoms with Gasteiger partial charge in [0.25, 0.3) is 5.91 Å². The zero-order chi connectivity index (χ0) is 18.7. The topological polar surface area (TPSA) is 38.3 Å². The fourth-order valence-electron chi connectivity index (χ4n) is 3.61. The highest BCUT2D eigenvalue weighted by Crippen LogP contribution is 2.28. The first-order valence-corrected chi connectivity index (χ1v) is 9.58. The van der Waals surface area contributed by atoms with Gasteiger partial charge in [0.05, 0.1) is 6.04 Å². The molecule has 0 heterocycles. The van der Waals surface area contributed by atoms with Crippen molar-refractivity contribution in [3.8, 4) is 5.75 Å². The quantitative estimate of drug-likeness (QED) is 0.807. The van der Waals surface area contributed by atoms with E-state index in [0.717, 1.165) is 28.9 Å². The highest BCUT2D eigenvalue weighted by molar-refractivity contribution is 5.78. The summed E-state index contributed by atoms with van der Waals surface area (Å²) in [4.78, 5) is 12.4. The number of carbonyl (C=O) groups excluding carboxylic acids is 1. The van der Waals surface area contributed by atoms with Crippen LogP contribution in [0.3, 0.4) is 0 Å². The van der Waals surface area contributed by atoms with Crippen LogP contribution < -0.4 is 10.1 Å². The molecule has 0 aliphatic heterocycles. The summed E-state index contributed by atoms with van der Waals surface area (Å²) in [5.41, 5.74) is 6.32. The third-order valence-corrected chi connectivity index (χ3v) is 5.15. The fourth-order valence-corrected chi connectivity index (χ4v) is 3.61. The van der Waals surface area contributed by atoms with Crippen molar-refractivity contribution in [2.24, 2.45) is 0 Å². The number of nitrogens with one attached hydrogen (secondary N) is 1. The highest BCUT2D eigenvalue weighted by atomic mass is 16.5. The molecule has 0 saturated carbocycles. The summed E-state index contributed by atoms with van der Waals surface area (Å²) in [7, 11) is 0. The lowest BCUT2D eigenvalue weighted by molar-refractivity contribution is -0.123. The Bertz CT molecular complexity index is 795. The monoisotopic (exact) mass is 351 g/mol. The number of amides is 1. The Hall–Kier alpha value is -2.29. The summed E-state index contributed by atoms with van der Waals surface area (Å²) >= 11 is 0. The van der Waals surface area contributed by atoms with Gasteiger partial charge >= 0.3 is 0 Å². The Morgan fingerprint density at radius 3 is 2.62 bits per heavy atom. The number of aryl methyl sites for hydroxylation is 3. The molecule has 1 amide bonds. The van der Waals surface area contributed by atoms with E-state index in [1.54, 1.807) is 0 Å². The molecule has 1 aliphatic rings. The number of carbonyl (C=O) groups is 1. The number of fused-ring (bicyclic) bond motifs is 1. The summed E-state index contributed by atoms with van der Waals surface area (Å²) < 4.78 is 5.84. The van der Waals surface area contributed by atoms with Crippen LogP contribution in [0, 0.1) is 6.92 Å². The maximum Gasteiger partial charge on any atom is 0.258 e. The number of benzene rings is 2. The normalized spacial score (nSPS) is 14.2. The zero-order valence-corrected chi connectivity index (χ0v) is 16.3. The molecule has 3 rings (SSSR count). The van der Waals surface area contributed by atoms with Crippen LogP contribution in [0.4, 0.5) is 0 Å². The third kappa shape index (κ3) is 4.27. The molecule has 0 saturated heterocycles. The van der Waals surface area contributed by atoms with Gasteiger partial charge in [0.2, 0.25) is 0 Å².